The number of carbonyl (C=O) groups excluding carboxylic acids is 1. The van der Waals surface area contributed by atoms with Crippen molar-refractivity contribution < 1.29 is 23.5 Å². The summed E-state index contributed by atoms with van der Waals surface area (Å²) in [6.45, 7) is 3.90. The number of amides is 1. The quantitative estimate of drug-likeness (QED) is 0.356. The minimum atomic E-state index is -1.26. The summed E-state index contributed by atoms with van der Waals surface area (Å²) in [6.07, 6.45) is 5.86. The Labute approximate surface area is 261 Å². The molecule has 242 valence electrons. The van der Waals surface area contributed by atoms with Crippen LogP contribution in [-0.4, -0.2) is 52.1 Å². The molecule has 0 unspecified atom stereocenters. The van der Waals surface area contributed by atoms with Crippen LogP contribution >= 0.6 is 0 Å². The maximum atomic E-state index is 15.8. The van der Waals surface area contributed by atoms with Crippen molar-refractivity contribution in [1.82, 2.24) is 19.8 Å². The molecular weight excluding hydrogens is 582 g/mol. The number of carbonyl (C=O) groups is 2. The number of carboxylic acids is 1. The van der Waals surface area contributed by atoms with Crippen LogP contribution in [-0.2, 0) is 22.4 Å². The molecule has 3 aromatic rings. The molecule has 0 saturated carbocycles. The summed E-state index contributed by atoms with van der Waals surface area (Å²) in [5, 5.41) is 12.5. The molecule has 0 saturated heterocycles. The first-order valence-corrected chi connectivity index (χ1v) is 15.5. The van der Waals surface area contributed by atoms with Gasteiger partial charge in [-0.3, -0.25) is 23.9 Å². The van der Waals surface area contributed by atoms with Crippen LogP contribution in [0, 0.1) is 25.5 Å². The molecule has 1 aromatic heterocycles. The van der Waals surface area contributed by atoms with Crippen molar-refractivity contribution in [3.63, 3.8) is 0 Å². The van der Waals surface area contributed by atoms with Gasteiger partial charge in [0.15, 0.2) is 0 Å². The van der Waals surface area contributed by atoms with Crippen molar-refractivity contribution >= 4 is 11.9 Å². The number of likely N-dealkylation sites (N-methyl/N-ethyl adjacent to an activating group) is 1. The number of aryl methyl sites for hydroxylation is 3. The number of hydrogen-bond acceptors (Lipinski definition) is 5. The van der Waals surface area contributed by atoms with Gasteiger partial charge in [0.2, 0.25) is 5.91 Å². The topological polar surface area (TPSA) is 124 Å². The number of carboxylic acid groups (broad SMARTS) is 1. The monoisotopic (exact) mass is 624 g/mol. The Morgan fingerprint density at radius 3 is 2.42 bits per heavy atom. The van der Waals surface area contributed by atoms with E-state index in [2.05, 4.69) is 10.3 Å². The van der Waals surface area contributed by atoms with Gasteiger partial charge in [0.05, 0.1) is 12.5 Å². The Morgan fingerprint density at radius 2 is 1.71 bits per heavy atom. The molecule has 4 rings (SSSR count). The standard InChI is InChI=1S/C34H42F2N4O5/c1-20-15-25(35)16-22-10-8-6-5-7-9-11-28(40-19-23(12-13-39(3)4)32(43)38-34(40)45)33(44)37-27(18-29(41)42)26-17-24(30(20)22)14-21(2)31(26)36/h14-17,19,27-28H,5-13,18H2,1-4H3,(H,37,44)(H,41,42)(H,38,43,45)/t27-,28-/m0/s1. The molecule has 45 heavy (non-hydrogen) atoms. The van der Waals surface area contributed by atoms with Gasteiger partial charge in [0, 0.05) is 23.9 Å². The van der Waals surface area contributed by atoms with Crippen molar-refractivity contribution in [2.24, 2.45) is 0 Å². The summed E-state index contributed by atoms with van der Waals surface area (Å²) in [7, 11) is 3.71. The molecule has 2 atom stereocenters. The van der Waals surface area contributed by atoms with Crippen LogP contribution in [0.25, 0.3) is 11.1 Å². The predicted octanol–water partition coefficient (Wildman–Crippen LogP) is 4.97. The van der Waals surface area contributed by atoms with Gasteiger partial charge < -0.3 is 15.3 Å². The van der Waals surface area contributed by atoms with Crippen molar-refractivity contribution in [2.75, 3.05) is 20.6 Å². The van der Waals surface area contributed by atoms with E-state index in [9.17, 15) is 28.7 Å². The lowest BCUT2D eigenvalue weighted by Gasteiger charge is -2.25. The molecule has 11 heteroatoms. The van der Waals surface area contributed by atoms with Crippen molar-refractivity contribution in [2.45, 2.75) is 83.7 Å². The van der Waals surface area contributed by atoms with Gasteiger partial charge in [-0.1, -0.05) is 25.7 Å². The van der Waals surface area contributed by atoms with E-state index in [0.29, 0.717) is 42.5 Å². The van der Waals surface area contributed by atoms with Gasteiger partial charge in [-0.2, -0.15) is 0 Å². The van der Waals surface area contributed by atoms with Crippen LogP contribution in [0.3, 0.4) is 0 Å². The number of rotatable bonds is 6. The number of aliphatic carboxylic acids is 1. The van der Waals surface area contributed by atoms with Crippen LogP contribution in [0.15, 0.2) is 40.1 Å². The molecule has 0 spiro atoms. The van der Waals surface area contributed by atoms with Gasteiger partial charge in [-0.15, -0.1) is 0 Å². The highest BCUT2D eigenvalue weighted by molar-refractivity contribution is 5.82. The Hall–Kier alpha value is -4.12. The van der Waals surface area contributed by atoms with Crippen LogP contribution in [0.5, 0.6) is 0 Å². The molecule has 3 N–H and O–H groups in total. The molecule has 1 amide bonds. The third-order valence-electron chi connectivity index (χ3n) is 8.46. The molecular formula is C34H42F2N4O5. The second-order valence-electron chi connectivity index (χ2n) is 12.3. The Bertz CT molecular complexity index is 1680. The summed E-state index contributed by atoms with van der Waals surface area (Å²) >= 11 is 0. The van der Waals surface area contributed by atoms with Crippen LogP contribution in [0.4, 0.5) is 8.78 Å². The highest BCUT2D eigenvalue weighted by atomic mass is 19.1. The summed E-state index contributed by atoms with van der Waals surface area (Å²) < 4.78 is 31.5. The third-order valence-corrected chi connectivity index (χ3v) is 8.46. The lowest BCUT2D eigenvalue weighted by Crippen LogP contribution is -2.42. The fourth-order valence-corrected chi connectivity index (χ4v) is 6.16. The third kappa shape index (κ3) is 8.33. The van der Waals surface area contributed by atoms with E-state index in [-0.39, 0.29) is 23.4 Å². The van der Waals surface area contributed by atoms with Crippen molar-refractivity contribution in [3.8, 4) is 11.1 Å². The first-order chi connectivity index (χ1) is 21.3. The Kier molecular flexibility index (Phi) is 11.1. The summed E-state index contributed by atoms with van der Waals surface area (Å²) in [5.74, 6) is -2.91. The van der Waals surface area contributed by atoms with Crippen molar-refractivity contribution in [1.29, 1.82) is 0 Å². The number of benzene rings is 2. The molecule has 2 bridgehead atoms. The van der Waals surface area contributed by atoms with Gasteiger partial charge in [-0.05, 0) is 106 Å². The molecule has 1 aliphatic heterocycles. The van der Waals surface area contributed by atoms with E-state index in [1.807, 2.05) is 19.0 Å². The second kappa shape index (κ2) is 14.8. The van der Waals surface area contributed by atoms with Gasteiger partial charge in [0.1, 0.15) is 17.7 Å². The van der Waals surface area contributed by atoms with E-state index in [0.717, 1.165) is 36.8 Å². The summed E-state index contributed by atoms with van der Waals surface area (Å²) in [5.41, 5.74) is 2.13. The highest BCUT2D eigenvalue weighted by Crippen LogP contribution is 2.35. The summed E-state index contributed by atoms with van der Waals surface area (Å²) in [6, 6.07) is 3.79. The zero-order chi connectivity index (χ0) is 32.8. The lowest BCUT2D eigenvalue weighted by atomic mass is 9.88. The second-order valence-corrected chi connectivity index (χ2v) is 12.3. The molecule has 0 radical (unpaired) electrons. The number of nitrogens with one attached hydrogen (secondary N) is 2. The lowest BCUT2D eigenvalue weighted by molar-refractivity contribution is -0.138. The fourth-order valence-electron chi connectivity index (χ4n) is 6.16. The average molecular weight is 625 g/mol. The zero-order valence-corrected chi connectivity index (χ0v) is 26.3. The molecule has 0 fully saturated rings. The first kappa shape index (κ1) is 33.8. The fraction of sp³-hybridized carbons (Fsp3) is 0.471. The number of H-pyrrole nitrogens is 1. The number of hydrogen-bond donors (Lipinski definition) is 3. The predicted molar refractivity (Wildman–Crippen MR) is 168 cm³/mol. The maximum absolute atomic E-state index is 15.8. The minimum absolute atomic E-state index is 0.0123. The maximum Gasteiger partial charge on any atom is 0.329 e. The summed E-state index contributed by atoms with van der Waals surface area (Å²) in [4.78, 5) is 55.8. The number of aromatic amines is 1. The van der Waals surface area contributed by atoms with Crippen LogP contribution < -0.4 is 16.6 Å². The van der Waals surface area contributed by atoms with Crippen LogP contribution in [0.2, 0.25) is 0 Å². The molecule has 9 nitrogen and oxygen atoms in total. The molecule has 2 heterocycles. The van der Waals surface area contributed by atoms with E-state index >= 15 is 4.39 Å². The average Bonchev–Trinajstić information content (AvgIpc) is 2.94. The van der Waals surface area contributed by atoms with Gasteiger partial charge in [0.25, 0.3) is 5.56 Å². The first-order valence-electron chi connectivity index (χ1n) is 15.5. The minimum Gasteiger partial charge on any atom is -0.481 e. The number of halogens is 2. The highest BCUT2D eigenvalue weighted by Gasteiger charge is 2.29. The molecule has 1 aliphatic rings. The van der Waals surface area contributed by atoms with Crippen molar-refractivity contribution in [3.05, 3.63) is 90.8 Å². The number of nitrogens with zero attached hydrogens (tertiary/aromatic N) is 2. The smallest absolute Gasteiger partial charge is 0.329 e. The normalized spacial score (nSPS) is 18.0. The molecule has 2 aromatic carbocycles. The van der Waals surface area contributed by atoms with E-state index in [1.54, 1.807) is 19.9 Å². The van der Waals surface area contributed by atoms with Gasteiger partial charge in [-0.25, -0.2) is 13.6 Å². The van der Waals surface area contributed by atoms with E-state index in [1.165, 1.54) is 29.0 Å². The zero-order valence-electron chi connectivity index (χ0n) is 26.3. The van der Waals surface area contributed by atoms with Crippen LogP contribution in [0.1, 0.15) is 84.8 Å². The van der Waals surface area contributed by atoms with E-state index < -0.39 is 47.4 Å². The Balaban J connectivity index is 1.84. The SMILES string of the molecule is Cc1cc2cc(c1F)[C@H](CC(=O)O)NC(=O)[C@@H](n1cc(CCN(C)C)c(=O)[nH]c1=O)CCCCCCCc1cc(F)cc(C)c1-2. The molecule has 0 aliphatic carbocycles. The van der Waals surface area contributed by atoms with Gasteiger partial charge >= 0.3 is 11.7 Å². The van der Waals surface area contributed by atoms with E-state index in [4.69, 9.17) is 0 Å². The number of fused-ring (bicyclic) bond motifs is 4. The Morgan fingerprint density at radius 1 is 1.00 bits per heavy atom. The number of aromatic nitrogens is 2. The largest absolute Gasteiger partial charge is 0.481 e.